The molecule has 0 spiro atoms. The molecule has 0 atom stereocenters. The van der Waals surface area contributed by atoms with Crippen LogP contribution in [0.1, 0.15) is 16.1 Å². The number of para-hydroxylation sites is 1. The van der Waals surface area contributed by atoms with Gasteiger partial charge in [-0.1, -0.05) is 60.7 Å². The maximum Gasteiger partial charge on any atom is 0.291 e. The molecular weight excluding hydrogens is 452 g/mol. The van der Waals surface area contributed by atoms with Crippen LogP contribution in [-0.2, 0) is 0 Å². The number of amides is 1. The van der Waals surface area contributed by atoms with Gasteiger partial charge in [0.15, 0.2) is 17.2 Å². The number of rotatable bonds is 7. The average Bonchev–Trinajstić information content (AvgIpc) is 3.38. The van der Waals surface area contributed by atoms with Gasteiger partial charge in [-0.3, -0.25) is 4.79 Å². The van der Waals surface area contributed by atoms with Gasteiger partial charge in [-0.2, -0.15) is 10.2 Å². The van der Waals surface area contributed by atoms with E-state index < -0.39 is 5.91 Å². The molecule has 5 rings (SSSR count). The maximum atomic E-state index is 13.0. The summed E-state index contributed by atoms with van der Waals surface area (Å²) in [5, 5.41) is 10.9. The van der Waals surface area contributed by atoms with E-state index in [1.807, 2.05) is 60.7 Å². The van der Waals surface area contributed by atoms with Gasteiger partial charge in [0, 0.05) is 5.56 Å². The number of hydrogen-bond acceptors (Lipinski definition) is 5. The van der Waals surface area contributed by atoms with Crippen molar-refractivity contribution in [2.75, 3.05) is 14.2 Å². The summed E-state index contributed by atoms with van der Waals surface area (Å²) in [6.07, 6.45) is 1.54. The highest BCUT2D eigenvalue weighted by molar-refractivity contribution is 5.99. The highest BCUT2D eigenvalue weighted by Gasteiger charge is 2.18. The predicted molar refractivity (Wildman–Crippen MR) is 141 cm³/mol. The molecule has 5 aromatic rings. The van der Waals surface area contributed by atoms with Crippen molar-refractivity contribution in [1.82, 2.24) is 15.2 Å². The number of carbonyl (C=O) groups excluding carboxylic acids is 1. The highest BCUT2D eigenvalue weighted by Crippen LogP contribution is 2.31. The maximum absolute atomic E-state index is 13.0. The first kappa shape index (κ1) is 22.9. The number of carbonyl (C=O) groups is 1. The number of nitrogens with one attached hydrogen (secondary N) is 1. The summed E-state index contributed by atoms with van der Waals surface area (Å²) in [6, 6.07) is 31.2. The van der Waals surface area contributed by atoms with Gasteiger partial charge in [-0.25, -0.2) is 10.1 Å². The zero-order valence-electron chi connectivity index (χ0n) is 19.9. The molecular formula is C29H24N4O3. The predicted octanol–water partition coefficient (Wildman–Crippen LogP) is 5.47. The number of methoxy groups -OCH3 is 2. The first-order valence-corrected chi connectivity index (χ1v) is 11.4. The molecule has 0 aliphatic carbocycles. The van der Waals surface area contributed by atoms with Crippen molar-refractivity contribution < 1.29 is 14.3 Å². The Morgan fingerprint density at radius 1 is 0.861 bits per heavy atom. The van der Waals surface area contributed by atoms with Gasteiger partial charge >= 0.3 is 0 Å². The van der Waals surface area contributed by atoms with Crippen molar-refractivity contribution >= 4 is 22.9 Å². The van der Waals surface area contributed by atoms with E-state index >= 15 is 0 Å². The van der Waals surface area contributed by atoms with Crippen molar-refractivity contribution in [1.29, 1.82) is 0 Å². The summed E-state index contributed by atoms with van der Waals surface area (Å²) in [6.45, 7) is 0. The van der Waals surface area contributed by atoms with Crippen LogP contribution in [0, 0.1) is 0 Å². The molecule has 1 heterocycles. The third kappa shape index (κ3) is 4.54. The second-order valence-corrected chi connectivity index (χ2v) is 8.00. The fourth-order valence-corrected chi connectivity index (χ4v) is 4.05. The Balaban J connectivity index is 1.48. The Bertz CT molecular complexity index is 1550. The Morgan fingerprint density at radius 2 is 1.61 bits per heavy atom. The van der Waals surface area contributed by atoms with Gasteiger partial charge in [0.25, 0.3) is 5.91 Å². The minimum absolute atomic E-state index is 0.256. The highest BCUT2D eigenvalue weighted by atomic mass is 16.5. The standard InChI is InChI=1S/C29H24N4O3/c1-35-27-16-15-20(17-28(27)36-2)19-30-31-29(34)25-18-26(33(32-25)22-11-4-3-5-12-22)24-14-8-10-21-9-6-7-13-23(21)24/h3-19H,1-2H3,(H,31,34)/b30-19-. The smallest absolute Gasteiger partial charge is 0.291 e. The lowest BCUT2D eigenvalue weighted by molar-refractivity contribution is 0.0949. The van der Waals surface area contributed by atoms with E-state index in [0.29, 0.717) is 11.5 Å². The molecule has 0 unspecified atom stereocenters. The molecule has 36 heavy (non-hydrogen) atoms. The molecule has 0 aliphatic rings. The largest absolute Gasteiger partial charge is 0.493 e. The lowest BCUT2D eigenvalue weighted by Gasteiger charge is -2.10. The molecule has 4 aromatic carbocycles. The van der Waals surface area contributed by atoms with E-state index in [2.05, 4.69) is 33.8 Å². The van der Waals surface area contributed by atoms with Gasteiger partial charge in [0.1, 0.15) is 0 Å². The minimum Gasteiger partial charge on any atom is -0.493 e. The number of ether oxygens (including phenoxy) is 2. The molecule has 1 amide bonds. The van der Waals surface area contributed by atoms with Crippen LogP contribution >= 0.6 is 0 Å². The fourth-order valence-electron chi connectivity index (χ4n) is 4.05. The molecule has 0 aliphatic heterocycles. The van der Waals surface area contributed by atoms with E-state index in [0.717, 1.165) is 33.3 Å². The topological polar surface area (TPSA) is 77.7 Å². The number of hydrogen-bond donors (Lipinski definition) is 1. The Morgan fingerprint density at radius 3 is 2.42 bits per heavy atom. The molecule has 0 saturated heterocycles. The van der Waals surface area contributed by atoms with Gasteiger partial charge < -0.3 is 9.47 Å². The summed E-state index contributed by atoms with van der Waals surface area (Å²) < 4.78 is 12.4. The summed E-state index contributed by atoms with van der Waals surface area (Å²) >= 11 is 0. The Kier molecular flexibility index (Phi) is 6.44. The van der Waals surface area contributed by atoms with Crippen LogP contribution in [0.5, 0.6) is 11.5 Å². The van der Waals surface area contributed by atoms with Gasteiger partial charge in [0.05, 0.1) is 31.8 Å². The van der Waals surface area contributed by atoms with Crippen LogP contribution in [0.2, 0.25) is 0 Å². The number of fused-ring (bicyclic) bond motifs is 1. The van der Waals surface area contributed by atoms with Gasteiger partial charge in [0.2, 0.25) is 0 Å². The SMILES string of the molecule is COc1ccc(/C=N\NC(=O)c2cc(-c3cccc4ccccc34)n(-c3ccccc3)n2)cc1OC. The van der Waals surface area contributed by atoms with Gasteiger partial charge in [-0.05, 0) is 52.7 Å². The third-order valence-corrected chi connectivity index (χ3v) is 5.80. The van der Waals surface area contributed by atoms with Crippen LogP contribution in [0.3, 0.4) is 0 Å². The van der Waals surface area contributed by atoms with E-state index in [-0.39, 0.29) is 5.69 Å². The van der Waals surface area contributed by atoms with Crippen molar-refractivity contribution in [2.45, 2.75) is 0 Å². The fraction of sp³-hybridized carbons (Fsp3) is 0.0690. The average molecular weight is 477 g/mol. The second-order valence-electron chi connectivity index (χ2n) is 8.00. The normalized spacial score (nSPS) is 11.1. The molecule has 178 valence electrons. The lowest BCUT2D eigenvalue weighted by atomic mass is 10.0. The van der Waals surface area contributed by atoms with Crippen molar-refractivity contribution in [3.8, 4) is 28.4 Å². The summed E-state index contributed by atoms with van der Waals surface area (Å²) in [5.41, 5.74) is 6.23. The molecule has 1 N–H and O–H groups in total. The molecule has 7 nitrogen and oxygen atoms in total. The molecule has 0 radical (unpaired) electrons. The Hall–Kier alpha value is -4.91. The summed E-state index contributed by atoms with van der Waals surface area (Å²) in [4.78, 5) is 13.0. The summed E-state index contributed by atoms with van der Waals surface area (Å²) in [5.74, 6) is 0.781. The quantitative estimate of drug-likeness (QED) is 0.249. The third-order valence-electron chi connectivity index (χ3n) is 5.80. The molecule has 0 bridgehead atoms. The van der Waals surface area contributed by atoms with Crippen LogP contribution in [0.25, 0.3) is 27.7 Å². The van der Waals surface area contributed by atoms with Crippen LogP contribution in [0.4, 0.5) is 0 Å². The van der Waals surface area contributed by atoms with Crippen molar-refractivity contribution in [2.24, 2.45) is 5.10 Å². The van der Waals surface area contributed by atoms with E-state index in [1.165, 1.54) is 0 Å². The van der Waals surface area contributed by atoms with Crippen molar-refractivity contribution in [3.05, 3.63) is 108 Å². The first-order valence-electron chi connectivity index (χ1n) is 11.4. The number of nitrogens with zero attached hydrogens (tertiary/aromatic N) is 3. The number of hydrazone groups is 1. The monoisotopic (exact) mass is 476 g/mol. The molecule has 7 heteroatoms. The van der Waals surface area contributed by atoms with E-state index in [4.69, 9.17) is 9.47 Å². The van der Waals surface area contributed by atoms with Crippen LogP contribution in [-0.4, -0.2) is 36.1 Å². The molecule has 0 fully saturated rings. The zero-order valence-corrected chi connectivity index (χ0v) is 19.9. The number of aromatic nitrogens is 2. The van der Waals surface area contributed by atoms with Gasteiger partial charge in [-0.15, -0.1) is 0 Å². The summed E-state index contributed by atoms with van der Waals surface area (Å²) in [7, 11) is 3.14. The lowest BCUT2D eigenvalue weighted by Crippen LogP contribution is -2.18. The molecule has 1 aromatic heterocycles. The zero-order chi connectivity index (χ0) is 24.9. The van der Waals surface area contributed by atoms with Crippen LogP contribution in [0.15, 0.2) is 102 Å². The second kappa shape index (κ2) is 10.1. The van der Waals surface area contributed by atoms with Crippen LogP contribution < -0.4 is 14.9 Å². The first-order chi connectivity index (χ1) is 17.7. The number of benzene rings is 4. The van der Waals surface area contributed by atoms with E-state index in [9.17, 15) is 4.79 Å². The minimum atomic E-state index is -0.414. The van der Waals surface area contributed by atoms with E-state index in [1.54, 1.807) is 43.3 Å². The molecule has 0 saturated carbocycles. The van der Waals surface area contributed by atoms with Crippen molar-refractivity contribution in [3.63, 3.8) is 0 Å². The Labute approximate surface area is 208 Å².